The van der Waals surface area contributed by atoms with E-state index in [1.165, 1.54) is 11.3 Å². The SMILES string of the molecule is Cc1ncsc1CN1CCOC2(CCCCC2NC(=O)Cc2cccs2)C1.O=C(O)C(F)(F)F. The monoisotopic (exact) mass is 519 g/mol. The normalized spacial score (nSPS) is 23.2. The number of thiophene rings is 1. The second-order valence-corrected chi connectivity index (χ2v) is 10.4. The van der Waals surface area contributed by atoms with Gasteiger partial charge in [0.2, 0.25) is 5.91 Å². The van der Waals surface area contributed by atoms with Gasteiger partial charge in [-0.3, -0.25) is 9.69 Å². The lowest BCUT2D eigenvalue weighted by atomic mass is 9.78. The second kappa shape index (κ2) is 11.6. The van der Waals surface area contributed by atoms with Crippen LogP contribution in [0, 0.1) is 6.92 Å². The quantitative estimate of drug-likeness (QED) is 0.620. The van der Waals surface area contributed by atoms with Crippen LogP contribution in [0.2, 0.25) is 0 Å². The Bertz CT molecular complexity index is 948. The van der Waals surface area contributed by atoms with E-state index in [2.05, 4.69) is 22.1 Å². The Morgan fingerprint density at radius 1 is 1.35 bits per heavy atom. The Balaban J connectivity index is 0.000000406. The molecule has 1 amide bonds. The van der Waals surface area contributed by atoms with E-state index >= 15 is 0 Å². The zero-order valence-electron chi connectivity index (χ0n) is 18.8. The van der Waals surface area contributed by atoms with Crippen molar-refractivity contribution < 1.29 is 32.6 Å². The molecule has 1 saturated carbocycles. The van der Waals surface area contributed by atoms with E-state index in [9.17, 15) is 18.0 Å². The Morgan fingerprint density at radius 3 is 2.74 bits per heavy atom. The summed E-state index contributed by atoms with van der Waals surface area (Å²) in [6.07, 6.45) is -0.263. The number of nitrogens with zero attached hydrogens (tertiary/aromatic N) is 2. The number of carbonyl (C=O) groups is 2. The smallest absolute Gasteiger partial charge is 0.475 e. The Kier molecular flexibility index (Phi) is 9.07. The number of carboxylic acid groups (broad SMARTS) is 1. The first-order valence-corrected chi connectivity index (χ1v) is 12.7. The lowest BCUT2D eigenvalue weighted by Gasteiger charge is -2.49. The number of aromatic nitrogens is 1. The summed E-state index contributed by atoms with van der Waals surface area (Å²) in [5, 5.41) is 12.5. The molecule has 3 heterocycles. The molecule has 0 bridgehead atoms. The van der Waals surface area contributed by atoms with E-state index in [1.807, 2.05) is 23.0 Å². The van der Waals surface area contributed by atoms with Crippen molar-refractivity contribution >= 4 is 34.6 Å². The van der Waals surface area contributed by atoms with Gasteiger partial charge in [-0.25, -0.2) is 9.78 Å². The van der Waals surface area contributed by atoms with Crippen LogP contribution in [0.3, 0.4) is 0 Å². The van der Waals surface area contributed by atoms with Crippen LogP contribution in [-0.2, 0) is 27.3 Å². The number of halogens is 3. The van der Waals surface area contributed by atoms with Crippen LogP contribution in [0.4, 0.5) is 13.2 Å². The number of morpholine rings is 1. The number of thiazole rings is 1. The minimum absolute atomic E-state index is 0.101. The van der Waals surface area contributed by atoms with Crippen LogP contribution >= 0.6 is 22.7 Å². The van der Waals surface area contributed by atoms with E-state index in [1.54, 1.807) is 22.7 Å². The van der Waals surface area contributed by atoms with Gasteiger partial charge in [-0.05, 0) is 31.2 Å². The van der Waals surface area contributed by atoms with Crippen molar-refractivity contribution in [3.63, 3.8) is 0 Å². The molecule has 1 aliphatic heterocycles. The van der Waals surface area contributed by atoms with E-state index in [-0.39, 0.29) is 17.6 Å². The first kappa shape index (κ1) is 26.6. The average Bonchev–Trinajstić information content (AvgIpc) is 3.42. The van der Waals surface area contributed by atoms with E-state index in [4.69, 9.17) is 14.6 Å². The molecule has 7 nitrogen and oxygen atoms in total. The third-order valence-corrected chi connectivity index (χ3v) is 7.77. The Hall–Kier alpha value is -2.02. The highest BCUT2D eigenvalue weighted by atomic mass is 32.1. The van der Waals surface area contributed by atoms with E-state index < -0.39 is 12.1 Å². The number of carbonyl (C=O) groups excluding carboxylic acids is 1. The van der Waals surface area contributed by atoms with Gasteiger partial charge in [0.25, 0.3) is 0 Å². The molecule has 1 spiro atoms. The number of hydrogen-bond acceptors (Lipinski definition) is 7. The van der Waals surface area contributed by atoms with Gasteiger partial charge in [0, 0.05) is 29.4 Å². The summed E-state index contributed by atoms with van der Waals surface area (Å²) in [5.74, 6) is -2.64. The lowest BCUT2D eigenvalue weighted by Crippen LogP contribution is -2.64. The third kappa shape index (κ3) is 7.24. The fraction of sp³-hybridized carbons (Fsp3) is 0.591. The highest BCUT2D eigenvalue weighted by molar-refractivity contribution is 7.10. The molecule has 4 rings (SSSR count). The Morgan fingerprint density at radius 2 is 2.12 bits per heavy atom. The van der Waals surface area contributed by atoms with Crippen molar-refractivity contribution in [2.75, 3.05) is 19.7 Å². The van der Waals surface area contributed by atoms with Crippen molar-refractivity contribution in [2.45, 2.75) is 63.4 Å². The third-order valence-electron chi connectivity index (χ3n) is 5.97. The zero-order chi connectivity index (χ0) is 24.8. The molecule has 2 fully saturated rings. The minimum Gasteiger partial charge on any atom is -0.475 e. The van der Waals surface area contributed by atoms with Crippen molar-refractivity contribution in [3.05, 3.63) is 38.5 Å². The van der Waals surface area contributed by atoms with Crippen LogP contribution in [0.1, 0.15) is 41.1 Å². The first-order chi connectivity index (χ1) is 16.1. The number of amides is 1. The fourth-order valence-corrected chi connectivity index (χ4v) is 5.81. The van der Waals surface area contributed by atoms with Gasteiger partial charge in [-0.1, -0.05) is 18.9 Å². The summed E-state index contributed by atoms with van der Waals surface area (Å²) < 4.78 is 38.1. The molecule has 0 radical (unpaired) electrons. The average molecular weight is 520 g/mol. The number of rotatable bonds is 5. The van der Waals surface area contributed by atoms with Gasteiger partial charge in [0.1, 0.15) is 5.60 Å². The number of nitrogens with one attached hydrogen (secondary N) is 1. The number of ether oxygens (including phenoxy) is 1. The van der Waals surface area contributed by atoms with Gasteiger partial charge < -0.3 is 15.2 Å². The van der Waals surface area contributed by atoms with Crippen molar-refractivity contribution in [2.24, 2.45) is 0 Å². The molecule has 2 aromatic rings. The highest BCUT2D eigenvalue weighted by Gasteiger charge is 2.45. The van der Waals surface area contributed by atoms with E-state index in [0.717, 1.165) is 56.1 Å². The van der Waals surface area contributed by atoms with Crippen LogP contribution in [0.5, 0.6) is 0 Å². The molecule has 2 aliphatic rings. The number of hydrogen-bond donors (Lipinski definition) is 2. The fourth-order valence-electron chi connectivity index (χ4n) is 4.29. The number of aryl methyl sites for hydroxylation is 1. The second-order valence-electron chi connectivity index (χ2n) is 8.41. The minimum atomic E-state index is -5.08. The largest absolute Gasteiger partial charge is 0.490 e. The highest BCUT2D eigenvalue weighted by Crippen LogP contribution is 2.35. The summed E-state index contributed by atoms with van der Waals surface area (Å²) in [6.45, 7) is 5.56. The lowest BCUT2D eigenvalue weighted by molar-refractivity contribution is -0.192. The molecule has 0 aromatic carbocycles. The van der Waals surface area contributed by atoms with Crippen LogP contribution < -0.4 is 5.32 Å². The summed E-state index contributed by atoms with van der Waals surface area (Å²) in [7, 11) is 0. The summed E-state index contributed by atoms with van der Waals surface area (Å²) in [5.41, 5.74) is 2.81. The first-order valence-electron chi connectivity index (χ1n) is 11.0. The van der Waals surface area contributed by atoms with Crippen molar-refractivity contribution in [1.29, 1.82) is 0 Å². The maximum atomic E-state index is 12.6. The zero-order valence-corrected chi connectivity index (χ0v) is 20.4. The predicted octanol–water partition coefficient (Wildman–Crippen LogP) is 4.02. The van der Waals surface area contributed by atoms with E-state index in [0.29, 0.717) is 6.42 Å². The van der Waals surface area contributed by atoms with Gasteiger partial charge in [0.15, 0.2) is 0 Å². The van der Waals surface area contributed by atoms with Gasteiger partial charge >= 0.3 is 12.1 Å². The molecular formula is C22H28F3N3O4S2. The summed E-state index contributed by atoms with van der Waals surface area (Å²) in [4.78, 5) is 30.8. The molecule has 12 heteroatoms. The Labute approximate surface area is 203 Å². The van der Waals surface area contributed by atoms with Crippen molar-refractivity contribution in [3.8, 4) is 0 Å². The van der Waals surface area contributed by atoms with Crippen LogP contribution in [0.25, 0.3) is 0 Å². The van der Waals surface area contributed by atoms with Crippen molar-refractivity contribution in [1.82, 2.24) is 15.2 Å². The van der Waals surface area contributed by atoms with Gasteiger partial charge in [0.05, 0.1) is 30.3 Å². The summed E-state index contributed by atoms with van der Waals surface area (Å²) in [6, 6.07) is 4.12. The van der Waals surface area contributed by atoms with Crippen LogP contribution in [-0.4, -0.2) is 64.4 Å². The number of alkyl halides is 3. The molecule has 2 N–H and O–H groups in total. The number of carboxylic acids is 1. The molecule has 2 aromatic heterocycles. The standard InChI is InChI=1S/C20H27N3O2S2.C2HF3O2/c1-15-17(27-14-21-15)12-23-8-9-25-20(13-23)7-3-2-6-18(20)22-19(24)11-16-5-4-10-26-16;3-2(4,5)1(6)7/h4-5,10,14,18H,2-3,6-9,11-13H2,1H3,(H,22,24);(H,6,7). The van der Waals surface area contributed by atoms with Gasteiger partial charge in [-0.15, -0.1) is 22.7 Å². The molecule has 2 atom stereocenters. The maximum absolute atomic E-state index is 12.6. The number of aliphatic carboxylic acids is 1. The molecule has 1 aliphatic carbocycles. The molecule has 1 saturated heterocycles. The summed E-state index contributed by atoms with van der Waals surface area (Å²) >= 11 is 3.37. The van der Waals surface area contributed by atoms with Gasteiger partial charge in [-0.2, -0.15) is 13.2 Å². The predicted molar refractivity (Wildman–Crippen MR) is 123 cm³/mol. The maximum Gasteiger partial charge on any atom is 0.490 e. The van der Waals surface area contributed by atoms with Crippen LogP contribution in [0.15, 0.2) is 23.0 Å². The molecule has 188 valence electrons. The molecular weight excluding hydrogens is 491 g/mol. The topological polar surface area (TPSA) is 91.8 Å². The molecule has 34 heavy (non-hydrogen) atoms. The molecule has 2 unspecified atom stereocenters.